The van der Waals surface area contributed by atoms with E-state index in [1.54, 1.807) is 0 Å². The highest BCUT2D eigenvalue weighted by atomic mass is 16.7. The molecule has 0 bridgehead atoms. The minimum atomic E-state index is -0.337. The van der Waals surface area contributed by atoms with Gasteiger partial charge in [-0.2, -0.15) is 5.10 Å². The summed E-state index contributed by atoms with van der Waals surface area (Å²) in [6.07, 6.45) is 6.53. The van der Waals surface area contributed by atoms with E-state index < -0.39 is 0 Å². The second kappa shape index (κ2) is 6.46. The average Bonchev–Trinajstić information content (AvgIpc) is 3.11. The molecule has 5 nitrogen and oxygen atoms in total. The molecule has 0 amide bonds. The van der Waals surface area contributed by atoms with Crippen LogP contribution in [0.1, 0.15) is 51.3 Å². The number of likely N-dealkylation sites (tertiary alicyclic amines) is 1. The summed E-state index contributed by atoms with van der Waals surface area (Å²) in [5, 5.41) is 4.75. The van der Waals surface area contributed by atoms with Crippen molar-refractivity contribution in [1.82, 2.24) is 14.7 Å². The predicted octanol–water partition coefficient (Wildman–Crippen LogP) is 2.58. The third-order valence-electron chi connectivity index (χ3n) is 4.68. The van der Waals surface area contributed by atoms with Crippen molar-refractivity contribution in [3.05, 3.63) is 18.0 Å². The Bertz CT molecular complexity index is 450. The van der Waals surface area contributed by atoms with Crippen molar-refractivity contribution in [1.29, 1.82) is 0 Å². The van der Waals surface area contributed by atoms with Gasteiger partial charge in [0.2, 0.25) is 0 Å². The molecule has 1 aromatic heterocycles. The van der Waals surface area contributed by atoms with Gasteiger partial charge < -0.3 is 9.47 Å². The van der Waals surface area contributed by atoms with Crippen LogP contribution in [0.15, 0.2) is 12.3 Å². The molecule has 2 aliphatic rings. The van der Waals surface area contributed by atoms with Crippen LogP contribution in [-0.2, 0) is 16.0 Å². The first kappa shape index (κ1) is 15.0. The van der Waals surface area contributed by atoms with Gasteiger partial charge in [-0.1, -0.05) is 13.8 Å². The van der Waals surface area contributed by atoms with Gasteiger partial charge in [0.05, 0.1) is 31.5 Å². The Labute approximate surface area is 127 Å². The molecule has 0 N–H and O–H groups in total. The van der Waals surface area contributed by atoms with Crippen LogP contribution in [0, 0.1) is 0 Å². The van der Waals surface area contributed by atoms with E-state index in [9.17, 15) is 0 Å². The predicted molar refractivity (Wildman–Crippen MR) is 81.0 cm³/mol. The van der Waals surface area contributed by atoms with Gasteiger partial charge in [0.25, 0.3) is 0 Å². The number of nitrogens with zero attached hydrogens (tertiary/aromatic N) is 3. The lowest BCUT2D eigenvalue weighted by Gasteiger charge is -2.38. The van der Waals surface area contributed by atoms with E-state index >= 15 is 0 Å². The molecule has 0 aromatic carbocycles. The molecular formula is C16H27N3O2. The molecule has 0 aliphatic carbocycles. The lowest BCUT2D eigenvalue weighted by molar-refractivity contribution is -0.190. The molecule has 5 heteroatoms. The first-order valence-electron chi connectivity index (χ1n) is 8.29. The standard InChI is InChI=1S/C16H27N3O2/c1-3-15(4-2)19-9-6-14(17-19)12-18-8-5-7-16(13-18)20-10-11-21-16/h6,9,15H,3-5,7-8,10-13H2,1-2H3. The fourth-order valence-electron chi connectivity index (χ4n) is 3.50. The lowest BCUT2D eigenvalue weighted by Crippen LogP contribution is -2.48. The summed E-state index contributed by atoms with van der Waals surface area (Å²) in [5.74, 6) is -0.337. The summed E-state index contributed by atoms with van der Waals surface area (Å²) in [6, 6.07) is 2.67. The quantitative estimate of drug-likeness (QED) is 0.836. The summed E-state index contributed by atoms with van der Waals surface area (Å²) < 4.78 is 13.8. The maximum atomic E-state index is 5.84. The van der Waals surface area contributed by atoms with Crippen LogP contribution in [0.25, 0.3) is 0 Å². The van der Waals surface area contributed by atoms with Crippen molar-refractivity contribution in [2.24, 2.45) is 0 Å². The van der Waals surface area contributed by atoms with Crippen molar-refractivity contribution in [2.45, 2.75) is 57.9 Å². The Morgan fingerprint density at radius 1 is 1.29 bits per heavy atom. The Balaban J connectivity index is 1.61. The first-order chi connectivity index (χ1) is 10.2. The van der Waals surface area contributed by atoms with E-state index in [2.05, 4.69) is 35.7 Å². The van der Waals surface area contributed by atoms with E-state index in [1.807, 2.05) is 0 Å². The zero-order valence-electron chi connectivity index (χ0n) is 13.3. The molecule has 2 aliphatic heterocycles. The molecule has 2 saturated heterocycles. The summed E-state index contributed by atoms with van der Waals surface area (Å²) in [5.41, 5.74) is 1.15. The normalized spacial score (nSPS) is 22.4. The van der Waals surface area contributed by atoms with Gasteiger partial charge in [-0.15, -0.1) is 0 Å². The number of hydrogen-bond acceptors (Lipinski definition) is 4. The molecule has 118 valence electrons. The van der Waals surface area contributed by atoms with Gasteiger partial charge in [-0.05, 0) is 31.9 Å². The maximum Gasteiger partial charge on any atom is 0.181 e. The van der Waals surface area contributed by atoms with Crippen LogP contribution in [0.2, 0.25) is 0 Å². The van der Waals surface area contributed by atoms with Crippen molar-refractivity contribution < 1.29 is 9.47 Å². The largest absolute Gasteiger partial charge is 0.346 e. The molecule has 0 saturated carbocycles. The van der Waals surface area contributed by atoms with Crippen LogP contribution in [0.5, 0.6) is 0 Å². The molecule has 21 heavy (non-hydrogen) atoms. The van der Waals surface area contributed by atoms with Crippen LogP contribution in [0.4, 0.5) is 0 Å². The second-order valence-electron chi connectivity index (χ2n) is 6.18. The summed E-state index contributed by atoms with van der Waals surface area (Å²) in [7, 11) is 0. The van der Waals surface area contributed by atoms with Gasteiger partial charge in [0.1, 0.15) is 0 Å². The molecule has 1 spiro atoms. The minimum Gasteiger partial charge on any atom is -0.346 e. The van der Waals surface area contributed by atoms with Crippen LogP contribution in [0.3, 0.4) is 0 Å². The first-order valence-corrected chi connectivity index (χ1v) is 8.29. The molecule has 0 radical (unpaired) electrons. The van der Waals surface area contributed by atoms with Gasteiger partial charge in [0.15, 0.2) is 5.79 Å². The summed E-state index contributed by atoms with van der Waals surface area (Å²) >= 11 is 0. The van der Waals surface area contributed by atoms with E-state index in [1.165, 1.54) is 0 Å². The Morgan fingerprint density at radius 2 is 2.05 bits per heavy atom. The topological polar surface area (TPSA) is 39.5 Å². The molecule has 0 unspecified atom stereocenters. The van der Waals surface area contributed by atoms with Gasteiger partial charge >= 0.3 is 0 Å². The Hall–Kier alpha value is -0.910. The SMILES string of the molecule is CCC(CC)n1ccc(CN2CCCC3(C2)OCCO3)n1. The summed E-state index contributed by atoms with van der Waals surface area (Å²) in [4.78, 5) is 2.41. The maximum absolute atomic E-state index is 5.84. The molecule has 2 fully saturated rings. The van der Waals surface area contributed by atoms with E-state index in [-0.39, 0.29) is 5.79 Å². The lowest BCUT2D eigenvalue weighted by atomic mass is 10.0. The monoisotopic (exact) mass is 293 g/mol. The highest BCUT2D eigenvalue weighted by molar-refractivity contribution is 5.01. The molecule has 3 rings (SSSR count). The van der Waals surface area contributed by atoms with Gasteiger partial charge in [-0.3, -0.25) is 9.58 Å². The number of hydrogen-bond donors (Lipinski definition) is 0. The van der Waals surface area contributed by atoms with E-state index in [0.717, 1.165) is 64.2 Å². The molecule has 1 aromatic rings. The van der Waals surface area contributed by atoms with Gasteiger partial charge in [0, 0.05) is 19.2 Å². The molecule has 0 atom stereocenters. The Morgan fingerprint density at radius 3 is 2.76 bits per heavy atom. The van der Waals surface area contributed by atoms with Crippen LogP contribution >= 0.6 is 0 Å². The van der Waals surface area contributed by atoms with Crippen LogP contribution in [-0.4, -0.2) is 46.8 Å². The zero-order valence-corrected chi connectivity index (χ0v) is 13.3. The van der Waals surface area contributed by atoms with E-state index in [4.69, 9.17) is 14.6 Å². The highest BCUT2D eigenvalue weighted by Gasteiger charge is 2.40. The fourth-order valence-corrected chi connectivity index (χ4v) is 3.50. The third kappa shape index (κ3) is 3.30. The number of aromatic nitrogens is 2. The van der Waals surface area contributed by atoms with E-state index in [0.29, 0.717) is 6.04 Å². The van der Waals surface area contributed by atoms with Crippen molar-refractivity contribution in [2.75, 3.05) is 26.3 Å². The highest BCUT2D eigenvalue weighted by Crippen LogP contribution is 2.30. The zero-order chi connectivity index (χ0) is 14.7. The molecular weight excluding hydrogens is 266 g/mol. The van der Waals surface area contributed by atoms with Gasteiger partial charge in [-0.25, -0.2) is 0 Å². The fraction of sp³-hybridized carbons (Fsp3) is 0.812. The smallest absolute Gasteiger partial charge is 0.181 e. The number of piperidine rings is 1. The third-order valence-corrected chi connectivity index (χ3v) is 4.68. The Kier molecular flexibility index (Phi) is 4.62. The van der Waals surface area contributed by atoms with Crippen molar-refractivity contribution in [3.8, 4) is 0 Å². The average molecular weight is 293 g/mol. The minimum absolute atomic E-state index is 0.337. The molecule has 3 heterocycles. The number of ether oxygens (including phenoxy) is 2. The van der Waals surface area contributed by atoms with Crippen molar-refractivity contribution >= 4 is 0 Å². The number of rotatable bonds is 5. The van der Waals surface area contributed by atoms with Crippen LogP contribution < -0.4 is 0 Å². The second-order valence-corrected chi connectivity index (χ2v) is 6.18. The van der Waals surface area contributed by atoms with Crippen molar-refractivity contribution in [3.63, 3.8) is 0 Å². The summed E-state index contributed by atoms with van der Waals surface area (Å²) in [6.45, 7) is 8.77.